The number of carboxylic acids is 1. The summed E-state index contributed by atoms with van der Waals surface area (Å²) in [5, 5.41) is 9.34. The normalized spacial score (nSPS) is 26.0. The molecule has 2 heterocycles. The third-order valence-corrected chi connectivity index (χ3v) is 7.37. The molecule has 0 radical (unpaired) electrons. The molecule has 0 spiro atoms. The molecule has 0 saturated carbocycles. The Morgan fingerprint density at radius 1 is 1.32 bits per heavy atom. The number of carboxylic acid groups (broad SMARTS) is 1. The van der Waals surface area contributed by atoms with E-state index >= 15 is 0 Å². The molecule has 0 aliphatic carbocycles. The lowest BCUT2D eigenvalue weighted by atomic mass is 10.2. The van der Waals surface area contributed by atoms with Crippen molar-refractivity contribution < 1.29 is 23.1 Å². The highest BCUT2D eigenvalue weighted by Crippen LogP contribution is 2.41. The number of fused-ring (bicyclic) bond motifs is 1. The van der Waals surface area contributed by atoms with Gasteiger partial charge < -0.3 is 10.0 Å². The lowest BCUT2D eigenvalue weighted by molar-refractivity contribution is -0.138. The van der Waals surface area contributed by atoms with E-state index in [1.165, 1.54) is 11.8 Å². The number of hydrogen-bond acceptors (Lipinski definition) is 5. The van der Waals surface area contributed by atoms with Gasteiger partial charge in [0.25, 0.3) is 0 Å². The predicted molar refractivity (Wildman–Crippen MR) is 97.1 cm³/mol. The number of thioether (sulfide) groups is 1. The molecule has 25 heavy (non-hydrogen) atoms. The van der Waals surface area contributed by atoms with Gasteiger partial charge in [0.1, 0.15) is 0 Å². The maximum absolute atomic E-state index is 12.0. The molecule has 7 nitrogen and oxygen atoms in total. The summed E-state index contributed by atoms with van der Waals surface area (Å²) >= 11 is 7.28. The van der Waals surface area contributed by atoms with Gasteiger partial charge in [0.15, 0.2) is 15.0 Å². The average molecular weight is 403 g/mol. The van der Waals surface area contributed by atoms with Crippen LogP contribution in [0, 0.1) is 0 Å². The van der Waals surface area contributed by atoms with Crippen molar-refractivity contribution in [3.05, 3.63) is 29.3 Å². The fraction of sp³-hybridized carbons (Fsp3) is 0.400. The van der Waals surface area contributed by atoms with Crippen LogP contribution in [-0.4, -0.2) is 53.4 Å². The molecule has 0 bridgehead atoms. The van der Waals surface area contributed by atoms with Crippen molar-refractivity contribution in [3.63, 3.8) is 0 Å². The zero-order chi connectivity index (χ0) is 18.2. The summed E-state index contributed by atoms with van der Waals surface area (Å²) in [7, 11) is -3.14. The van der Waals surface area contributed by atoms with Crippen LogP contribution in [-0.2, 0) is 19.4 Å². The monoisotopic (exact) mass is 402 g/mol. The second kappa shape index (κ2) is 6.97. The first kappa shape index (κ1) is 18.2. The summed E-state index contributed by atoms with van der Waals surface area (Å²) in [6.45, 7) is 0. The van der Waals surface area contributed by atoms with E-state index < -0.39 is 21.7 Å². The molecule has 1 aromatic carbocycles. The summed E-state index contributed by atoms with van der Waals surface area (Å²) in [6, 6.07) is 6.58. The summed E-state index contributed by atoms with van der Waals surface area (Å²) in [5.74, 6) is -1.59. The van der Waals surface area contributed by atoms with E-state index in [0.29, 0.717) is 15.9 Å². The molecule has 10 heteroatoms. The number of sulfone groups is 1. The number of aliphatic carboxylic acids is 1. The Hall–Kier alpha value is -1.58. The summed E-state index contributed by atoms with van der Waals surface area (Å²) in [4.78, 5) is 28.3. The van der Waals surface area contributed by atoms with Crippen LogP contribution in [0.3, 0.4) is 0 Å². The number of halogens is 1. The molecule has 1 aromatic rings. The zero-order valence-electron chi connectivity index (χ0n) is 13.0. The molecule has 3 rings (SSSR count). The van der Waals surface area contributed by atoms with Crippen LogP contribution in [0.4, 0.5) is 5.69 Å². The van der Waals surface area contributed by atoms with Crippen LogP contribution in [0.25, 0.3) is 0 Å². The van der Waals surface area contributed by atoms with Gasteiger partial charge in [-0.1, -0.05) is 29.4 Å². The maximum atomic E-state index is 12.0. The summed E-state index contributed by atoms with van der Waals surface area (Å²) in [5.41, 5.74) is 0.661. The number of anilines is 1. The van der Waals surface area contributed by atoms with Crippen LogP contribution in [0.1, 0.15) is 12.8 Å². The Bertz CT molecular complexity index is 855. The van der Waals surface area contributed by atoms with Crippen molar-refractivity contribution in [2.75, 3.05) is 16.4 Å². The maximum Gasteiger partial charge on any atom is 0.303 e. The number of nitrogens with zero attached hydrogens (tertiary/aromatic N) is 2. The SMILES string of the molecule is O=C(O)CCC(=O)N=C1S[C@@H]2CS(=O)(=O)C[C@H]2N1c1cccc(Cl)c1. The molecular weight excluding hydrogens is 388 g/mol. The quantitative estimate of drug-likeness (QED) is 0.818. The fourth-order valence-corrected chi connectivity index (χ4v) is 6.98. The van der Waals surface area contributed by atoms with E-state index in [9.17, 15) is 18.0 Å². The Morgan fingerprint density at radius 3 is 2.76 bits per heavy atom. The van der Waals surface area contributed by atoms with Gasteiger partial charge in [0.05, 0.1) is 24.0 Å². The number of amides is 1. The van der Waals surface area contributed by atoms with Gasteiger partial charge in [-0.05, 0) is 18.2 Å². The standard InChI is InChI=1S/C15H15ClN2O5S2/c16-9-2-1-3-10(6-9)18-11-7-25(22,23)8-12(11)24-15(18)17-13(19)4-5-14(20)21/h1-3,6,11-12H,4-5,7-8H2,(H,20,21)/t11-,12-/m1/s1. The van der Waals surface area contributed by atoms with E-state index in [4.69, 9.17) is 16.7 Å². The van der Waals surface area contributed by atoms with Crippen molar-refractivity contribution in [2.45, 2.75) is 24.1 Å². The van der Waals surface area contributed by atoms with Gasteiger partial charge >= 0.3 is 5.97 Å². The topological polar surface area (TPSA) is 104 Å². The predicted octanol–water partition coefficient (Wildman–Crippen LogP) is 1.81. The summed E-state index contributed by atoms with van der Waals surface area (Å²) < 4.78 is 23.9. The number of hydrogen-bond donors (Lipinski definition) is 1. The number of amidine groups is 1. The average Bonchev–Trinajstić information content (AvgIpc) is 2.96. The molecule has 2 aliphatic rings. The Morgan fingerprint density at radius 2 is 2.08 bits per heavy atom. The van der Waals surface area contributed by atoms with Crippen molar-refractivity contribution in [1.82, 2.24) is 0 Å². The number of carbonyl (C=O) groups is 2. The van der Waals surface area contributed by atoms with Gasteiger partial charge in [-0.25, -0.2) is 8.42 Å². The van der Waals surface area contributed by atoms with Crippen molar-refractivity contribution in [1.29, 1.82) is 0 Å². The Labute approximate surface area is 154 Å². The minimum absolute atomic E-state index is 0.0144. The molecule has 2 atom stereocenters. The van der Waals surface area contributed by atoms with Gasteiger partial charge in [-0.3, -0.25) is 9.59 Å². The number of aliphatic imine (C=N–C) groups is 1. The third-order valence-electron chi connectivity index (χ3n) is 3.93. The van der Waals surface area contributed by atoms with E-state index in [2.05, 4.69) is 4.99 Å². The minimum Gasteiger partial charge on any atom is -0.481 e. The number of benzene rings is 1. The Kier molecular flexibility index (Phi) is 5.08. The molecule has 0 aromatic heterocycles. The molecule has 1 amide bonds. The lowest BCUT2D eigenvalue weighted by Crippen LogP contribution is -2.37. The zero-order valence-corrected chi connectivity index (χ0v) is 15.4. The first-order valence-electron chi connectivity index (χ1n) is 7.50. The number of carbonyl (C=O) groups excluding carboxylic acids is 1. The largest absolute Gasteiger partial charge is 0.481 e. The Balaban J connectivity index is 1.92. The molecular formula is C15H15ClN2O5S2. The van der Waals surface area contributed by atoms with Crippen molar-refractivity contribution in [3.8, 4) is 0 Å². The molecule has 134 valence electrons. The number of rotatable bonds is 4. The molecule has 0 unspecified atom stereocenters. The second-order valence-electron chi connectivity index (χ2n) is 5.83. The second-order valence-corrected chi connectivity index (χ2v) is 9.63. The molecule has 2 aliphatic heterocycles. The van der Waals surface area contributed by atoms with E-state index in [0.717, 1.165) is 0 Å². The highest BCUT2D eigenvalue weighted by Gasteiger charge is 2.49. The van der Waals surface area contributed by atoms with E-state index in [1.807, 2.05) is 0 Å². The summed E-state index contributed by atoms with van der Waals surface area (Å²) in [6.07, 6.45) is -0.491. The highest BCUT2D eigenvalue weighted by molar-refractivity contribution is 8.16. The molecule has 1 N–H and O–H groups in total. The van der Waals surface area contributed by atoms with Gasteiger partial charge in [0.2, 0.25) is 5.91 Å². The smallest absolute Gasteiger partial charge is 0.303 e. The van der Waals surface area contributed by atoms with Crippen LogP contribution in [0.5, 0.6) is 0 Å². The fourth-order valence-electron chi connectivity index (χ4n) is 2.87. The van der Waals surface area contributed by atoms with Gasteiger partial charge in [-0.2, -0.15) is 4.99 Å². The van der Waals surface area contributed by atoms with Crippen LogP contribution in [0.15, 0.2) is 29.3 Å². The van der Waals surface area contributed by atoms with Crippen molar-refractivity contribution in [2.24, 2.45) is 4.99 Å². The van der Waals surface area contributed by atoms with Gasteiger partial charge in [0, 0.05) is 22.4 Å². The first-order chi connectivity index (χ1) is 11.7. The minimum atomic E-state index is -3.14. The van der Waals surface area contributed by atoms with E-state index in [-0.39, 0.29) is 35.6 Å². The highest BCUT2D eigenvalue weighted by atomic mass is 35.5. The van der Waals surface area contributed by atoms with Crippen LogP contribution < -0.4 is 4.90 Å². The van der Waals surface area contributed by atoms with Crippen molar-refractivity contribution >= 4 is 55.9 Å². The lowest BCUT2D eigenvalue weighted by Gasteiger charge is -2.24. The van der Waals surface area contributed by atoms with Crippen LogP contribution in [0.2, 0.25) is 5.02 Å². The van der Waals surface area contributed by atoms with Crippen LogP contribution >= 0.6 is 23.4 Å². The molecule has 2 fully saturated rings. The first-order valence-corrected chi connectivity index (χ1v) is 10.6. The van der Waals surface area contributed by atoms with E-state index in [1.54, 1.807) is 29.2 Å². The molecule has 2 saturated heterocycles. The van der Waals surface area contributed by atoms with Gasteiger partial charge in [-0.15, -0.1) is 0 Å². The third kappa shape index (κ3) is 4.16.